The largest absolute Gasteiger partial charge is 0.402 e. The maximum absolute atomic E-state index is 12.5. The molecule has 0 heterocycles. The van der Waals surface area contributed by atoms with Gasteiger partial charge in [0.2, 0.25) is 10.0 Å². The highest BCUT2D eigenvalue weighted by molar-refractivity contribution is 7.89. The van der Waals surface area contributed by atoms with Crippen LogP contribution in [0.3, 0.4) is 0 Å². The van der Waals surface area contributed by atoms with E-state index in [0.29, 0.717) is 0 Å². The van der Waals surface area contributed by atoms with Gasteiger partial charge in [0.15, 0.2) is 0 Å². The number of nitrogens with zero attached hydrogens (tertiary/aromatic N) is 1. The third-order valence-electron chi connectivity index (χ3n) is 2.27. The molecule has 0 unspecified atom stereocenters. The topological polar surface area (TPSA) is 57.6 Å². The molecule has 1 aromatic carbocycles. The number of hydrogen-bond donors (Lipinski definition) is 1. The molecule has 0 saturated carbocycles. The first-order valence-corrected chi connectivity index (χ1v) is 7.88. The minimum Gasteiger partial charge on any atom is -0.395 e. The molecule has 0 aromatic heterocycles. The predicted octanol–water partition coefficient (Wildman–Crippen LogP) is 3.19. The molecule has 0 fully saturated rings. The number of hydrogen-bond acceptors (Lipinski definition) is 3. The highest BCUT2D eigenvalue weighted by Gasteiger charge is 2.38. The van der Waals surface area contributed by atoms with Crippen LogP contribution in [0.25, 0.3) is 0 Å². The van der Waals surface area contributed by atoms with E-state index in [-0.39, 0.29) is 9.33 Å². The molecule has 0 bridgehead atoms. The average molecular weight is 387 g/mol. The molecule has 120 valence electrons. The lowest BCUT2D eigenvalue weighted by atomic mass is 10.4. The first-order valence-electron chi connectivity index (χ1n) is 5.31. The van der Waals surface area contributed by atoms with E-state index < -0.39 is 50.8 Å². The number of benzene rings is 1. The van der Waals surface area contributed by atoms with Gasteiger partial charge in [0.05, 0.1) is 16.7 Å². The van der Waals surface area contributed by atoms with Crippen molar-refractivity contribution in [1.82, 2.24) is 4.31 Å². The minimum absolute atomic E-state index is 0.0356. The van der Waals surface area contributed by atoms with Crippen LogP contribution < -0.4 is 0 Å². The van der Waals surface area contributed by atoms with E-state index in [1.165, 1.54) is 0 Å². The standard InChI is InChI=1S/C10H9Cl3F3NO3S/c11-6-3-7(12)9(8(13)4-6)21(19,20)17(1-2-18)5-10(14,15)16/h3-4,18H,1-2,5H2. The summed E-state index contributed by atoms with van der Waals surface area (Å²) in [6.45, 7) is -3.32. The first kappa shape index (κ1) is 18.8. The van der Waals surface area contributed by atoms with Gasteiger partial charge in [-0.1, -0.05) is 34.8 Å². The first-order chi connectivity index (χ1) is 9.49. The van der Waals surface area contributed by atoms with E-state index in [9.17, 15) is 21.6 Å². The van der Waals surface area contributed by atoms with Crippen LogP contribution in [0.5, 0.6) is 0 Å². The molecule has 4 nitrogen and oxygen atoms in total. The van der Waals surface area contributed by atoms with Gasteiger partial charge in [0.25, 0.3) is 0 Å². The number of rotatable bonds is 5. The van der Waals surface area contributed by atoms with Gasteiger partial charge in [0, 0.05) is 11.6 Å². The fraction of sp³-hybridized carbons (Fsp3) is 0.400. The van der Waals surface area contributed by atoms with Gasteiger partial charge >= 0.3 is 6.18 Å². The Hall–Kier alpha value is -0.250. The number of sulfonamides is 1. The molecule has 1 aromatic rings. The van der Waals surface area contributed by atoms with E-state index >= 15 is 0 Å². The third-order valence-corrected chi connectivity index (χ3v) is 5.25. The van der Waals surface area contributed by atoms with Gasteiger partial charge in [-0.15, -0.1) is 0 Å². The number of alkyl halides is 3. The van der Waals surface area contributed by atoms with Crippen molar-refractivity contribution in [3.8, 4) is 0 Å². The molecule has 11 heteroatoms. The van der Waals surface area contributed by atoms with Gasteiger partial charge in [-0.2, -0.15) is 17.5 Å². The predicted molar refractivity (Wildman–Crippen MR) is 73.4 cm³/mol. The molecule has 0 aliphatic heterocycles. The monoisotopic (exact) mass is 385 g/mol. The maximum Gasteiger partial charge on any atom is 0.402 e. The van der Waals surface area contributed by atoms with Gasteiger partial charge in [-0.05, 0) is 12.1 Å². The molecule has 0 saturated heterocycles. The van der Waals surface area contributed by atoms with Crippen LogP contribution in [-0.2, 0) is 10.0 Å². The fourth-order valence-corrected chi connectivity index (χ4v) is 4.41. The molecule has 0 radical (unpaired) electrons. The van der Waals surface area contributed by atoms with Crippen LogP contribution in [0.15, 0.2) is 17.0 Å². The average Bonchev–Trinajstić information content (AvgIpc) is 2.24. The number of aliphatic hydroxyl groups is 1. The Morgan fingerprint density at radius 2 is 1.62 bits per heavy atom. The molecular formula is C10H9Cl3F3NO3S. The van der Waals surface area contributed by atoms with Crippen molar-refractivity contribution in [2.45, 2.75) is 11.1 Å². The highest BCUT2D eigenvalue weighted by atomic mass is 35.5. The van der Waals surface area contributed by atoms with Crippen LogP contribution in [0.1, 0.15) is 0 Å². The molecule has 21 heavy (non-hydrogen) atoms. The lowest BCUT2D eigenvalue weighted by Crippen LogP contribution is -2.40. The van der Waals surface area contributed by atoms with E-state index in [1.807, 2.05) is 0 Å². The molecule has 0 amide bonds. The van der Waals surface area contributed by atoms with Crippen molar-refractivity contribution < 1.29 is 26.7 Å². The lowest BCUT2D eigenvalue weighted by Gasteiger charge is -2.23. The number of halogens is 6. The van der Waals surface area contributed by atoms with E-state index in [1.54, 1.807) is 0 Å². The Morgan fingerprint density at radius 3 is 2.00 bits per heavy atom. The van der Waals surface area contributed by atoms with Crippen LogP contribution in [0, 0.1) is 0 Å². The van der Waals surface area contributed by atoms with Crippen molar-refractivity contribution in [2.24, 2.45) is 0 Å². The lowest BCUT2D eigenvalue weighted by molar-refractivity contribution is -0.136. The Morgan fingerprint density at radius 1 is 1.14 bits per heavy atom. The Balaban J connectivity index is 3.36. The van der Waals surface area contributed by atoms with Gasteiger partial charge in [0.1, 0.15) is 11.4 Å². The van der Waals surface area contributed by atoms with Gasteiger partial charge in [-0.3, -0.25) is 0 Å². The summed E-state index contributed by atoms with van der Waals surface area (Å²) in [5.74, 6) is 0. The van der Waals surface area contributed by atoms with Crippen molar-refractivity contribution >= 4 is 44.8 Å². The van der Waals surface area contributed by atoms with Crippen molar-refractivity contribution in [1.29, 1.82) is 0 Å². The Kier molecular flexibility index (Phi) is 6.17. The number of aliphatic hydroxyl groups excluding tert-OH is 1. The second kappa shape index (κ2) is 6.89. The summed E-state index contributed by atoms with van der Waals surface area (Å²) in [4.78, 5) is -0.687. The zero-order valence-corrected chi connectivity index (χ0v) is 13.2. The SMILES string of the molecule is O=S(=O)(c1c(Cl)cc(Cl)cc1Cl)N(CCO)CC(F)(F)F. The summed E-state index contributed by atoms with van der Waals surface area (Å²) in [6, 6.07) is 2.10. The smallest absolute Gasteiger partial charge is 0.395 e. The molecule has 0 aliphatic carbocycles. The summed E-state index contributed by atoms with van der Waals surface area (Å²) >= 11 is 17.1. The van der Waals surface area contributed by atoms with Crippen LogP contribution >= 0.6 is 34.8 Å². The van der Waals surface area contributed by atoms with Crippen molar-refractivity contribution in [2.75, 3.05) is 19.7 Å². The summed E-state index contributed by atoms with van der Waals surface area (Å²) in [7, 11) is -4.64. The summed E-state index contributed by atoms with van der Waals surface area (Å²) in [6.07, 6.45) is -4.78. The Labute approximate surface area is 134 Å². The van der Waals surface area contributed by atoms with E-state index in [2.05, 4.69) is 0 Å². The van der Waals surface area contributed by atoms with E-state index in [4.69, 9.17) is 39.9 Å². The zero-order chi connectivity index (χ0) is 16.4. The van der Waals surface area contributed by atoms with Crippen molar-refractivity contribution in [3.63, 3.8) is 0 Å². The third kappa shape index (κ3) is 4.87. The van der Waals surface area contributed by atoms with Crippen molar-refractivity contribution in [3.05, 3.63) is 27.2 Å². The summed E-state index contributed by atoms with van der Waals surface area (Å²) < 4.78 is 62.0. The second-order valence-electron chi connectivity index (χ2n) is 3.88. The molecule has 0 aliphatic rings. The molecule has 0 spiro atoms. The van der Waals surface area contributed by atoms with Gasteiger partial charge < -0.3 is 5.11 Å². The maximum atomic E-state index is 12.5. The molecule has 1 N–H and O–H groups in total. The van der Waals surface area contributed by atoms with E-state index in [0.717, 1.165) is 12.1 Å². The molecule has 1 rings (SSSR count). The fourth-order valence-electron chi connectivity index (χ4n) is 1.50. The Bertz CT molecular complexity index is 599. The quantitative estimate of drug-likeness (QED) is 0.845. The summed E-state index contributed by atoms with van der Waals surface area (Å²) in [5.41, 5.74) is 0. The molecule has 0 atom stereocenters. The molecular weight excluding hydrogens is 378 g/mol. The van der Waals surface area contributed by atoms with Crippen LogP contribution in [0.2, 0.25) is 15.1 Å². The highest BCUT2D eigenvalue weighted by Crippen LogP contribution is 2.35. The van der Waals surface area contributed by atoms with Gasteiger partial charge in [-0.25, -0.2) is 8.42 Å². The van der Waals surface area contributed by atoms with Crippen LogP contribution in [-0.4, -0.2) is 43.7 Å². The zero-order valence-electron chi connectivity index (χ0n) is 10.2. The normalized spacial score (nSPS) is 13.0. The summed E-state index contributed by atoms with van der Waals surface area (Å²) in [5, 5.41) is 7.99. The minimum atomic E-state index is -4.78. The van der Waals surface area contributed by atoms with Crippen LogP contribution in [0.4, 0.5) is 13.2 Å². The second-order valence-corrected chi connectivity index (χ2v) is 7.00.